The van der Waals surface area contributed by atoms with Crippen LogP contribution in [0.5, 0.6) is 5.75 Å². The largest absolute Gasteiger partial charge is 0.482 e. The summed E-state index contributed by atoms with van der Waals surface area (Å²) in [5.41, 5.74) is 0.693. The van der Waals surface area contributed by atoms with Crippen LogP contribution in [0.15, 0.2) is 23.1 Å². The Morgan fingerprint density at radius 3 is 2.55 bits per heavy atom. The molecule has 0 bridgehead atoms. The summed E-state index contributed by atoms with van der Waals surface area (Å²) in [6.07, 6.45) is 1.43. The second-order valence-electron chi connectivity index (χ2n) is 4.05. The number of halogens is 1. The lowest BCUT2D eigenvalue weighted by molar-refractivity contribution is -0.145. The Bertz CT molecular complexity index is 568. The topological polar surface area (TPSA) is 69.7 Å². The lowest BCUT2D eigenvalue weighted by atomic mass is 10.1. The monoisotopic (exact) mass is 320 g/mol. The molecule has 1 aromatic carbocycles. The Morgan fingerprint density at radius 1 is 1.30 bits per heavy atom. The first kappa shape index (κ1) is 16.8. The normalized spacial score (nSPS) is 11.2. The predicted molar refractivity (Wildman–Crippen MR) is 75.6 cm³/mol. The van der Waals surface area contributed by atoms with Crippen LogP contribution >= 0.6 is 10.7 Å². The first-order valence-electron chi connectivity index (χ1n) is 6.24. The second kappa shape index (κ2) is 7.50. The predicted octanol–water partition coefficient (Wildman–Crippen LogP) is 2.51. The molecule has 0 aliphatic carbocycles. The summed E-state index contributed by atoms with van der Waals surface area (Å²) < 4.78 is 32.7. The number of benzene rings is 1. The van der Waals surface area contributed by atoms with E-state index in [0.29, 0.717) is 17.7 Å². The van der Waals surface area contributed by atoms with Crippen molar-refractivity contribution in [3.8, 4) is 5.75 Å². The molecule has 0 heterocycles. The Labute approximate surface area is 123 Å². The summed E-state index contributed by atoms with van der Waals surface area (Å²) in [5.74, 6) is -0.00652. The lowest BCUT2D eigenvalue weighted by Gasteiger charge is -2.11. The molecule has 1 rings (SSSR count). The lowest BCUT2D eigenvalue weighted by Crippen LogP contribution is -2.15. The SMILES string of the molecule is CCCc1cc(S(=O)(=O)Cl)ccc1OCC(=O)OCC. The minimum atomic E-state index is -3.78. The van der Waals surface area contributed by atoms with Crippen molar-refractivity contribution >= 4 is 25.7 Å². The van der Waals surface area contributed by atoms with Crippen LogP contribution in [-0.4, -0.2) is 27.6 Å². The quantitative estimate of drug-likeness (QED) is 0.570. The molecule has 0 spiro atoms. The zero-order valence-electron chi connectivity index (χ0n) is 11.4. The van der Waals surface area contributed by atoms with Crippen molar-refractivity contribution in [1.29, 1.82) is 0 Å². The van der Waals surface area contributed by atoms with Crippen LogP contribution in [-0.2, 0) is 25.0 Å². The third-order valence-electron chi connectivity index (χ3n) is 2.48. The summed E-state index contributed by atoms with van der Waals surface area (Å²) in [4.78, 5) is 11.3. The van der Waals surface area contributed by atoms with Crippen LogP contribution in [0.3, 0.4) is 0 Å². The van der Waals surface area contributed by atoms with Gasteiger partial charge in [0.2, 0.25) is 0 Å². The molecule has 7 heteroatoms. The zero-order valence-corrected chi connectivity index (χ0v) is 13.0. The van der Waals surface area contributed by atoms with Crippen molar-refractivity contribution in [3.63, 3.8) is 0 Å². The molecule has 0 amide bonds. The van der Waals surface area contributed by atoms with Crippen LogP contribution in [0.1, 0.15) is 25.8 Å². The van der Waals surface area contributed by atoms with Gasteiger partial charge in [-0.05, 0) is 37.1 Å². The van der Waals surface area contributed by atoms with Gasteiger partial charge in [0.25, 0.3) is 9.05 Å². The standard InChI is InChI=1S/C13H17ClO5S/c1-3-5-10-8-11(20(14,16)17)6-7-12(10)19-9-13(15)18-4-2/h6-8H,3-5,9H2,1-2H3. The molecule has 0 fully saturated rings. The number of aryl methyl sites for hydroxylation is 1. The number of hydrogen-bond donors (Lipinski definition) is 0. The molecule has 0 aliphatic rings. The number of carbonyl (C=O) groups excluding carboxylic acids is 1. The maximum Gasteiger partial charge on any atom is 0.344 e. The van der Waals surface area contributed by atoms with E-state index in [1.165, 1.54) is 18.2 Å². The van der Waals surface area contributed by atoms with Crippen molar-refractivity contribution in [1.82, 2.24) is 0 Å². The molecule has 0 saturated heterocycles. The number of ether oxygens (including phenoxy) is 2. The molecule has 1 aromatic rings. The minimum absolute atomic E-state index is 0.0195. The van der Waals surface area contributed by atoms with Crippen molar-refractivity contribution in [2.75, 3.05) is 13.2 Å². The fourth-order valence-corrected chi connectivity index (χ4v) is 2.45. The van der Waals surface area contributed by atoms with Gasteiger partial charge < -0.3 is 9.47 Å². The molecular weight excluding hydrogens is 304 g/mol. The van der Waals surface area contributed by atoms with Gasteiger partial charge in [-0.2, -0.15) is 0 Å². The van der Waals surface area contributed by atoms with Gasteiger partial charge in [-0.15, -0.1) is 0 Å². The molecule has 5 nitrogen and oxygen atoms in total. The highest BCUT2D eigenvalue weighted by molar-refractivity contribution is 8.13. The third kappa shape index (κ3) is 5.02. The van der Waals surface area contributed by atoms with Gasteiger partial charge in [0, 0.05) is 10.7 Å². The number of hydrogen-bond acceptors (Lipinski definition) is 5. The number of esters is 1. The van der Waals surface area contributed by atoms with E-state index in [1.54, 1.807) is 6.92 Å². The van der Waals surface area contributed by atoms with E-state index in [9.17, 15) is 13.2 Å². The second-order valence-corrected chi connectivity index (χ2v) is 6.62. The van der Waals surface area contributed by atoms with Crippen LogP contribution in [0, 0.1) is 0 Å². The van der Waals surface area contributed by atoms with Crippen molar-refractivity contribution < 1.29 is 22.7 Å². The highest BCUT2D eigenvalue weighted by atomic mass is 35.7. The summed E-state index contributed by atoms with van der Waals surface area (Å²) in [6.45, 7) is 3.74. The van der Waals surface area contributed by atoms with Gasteiger partial charge in [0.15, 0.2) is 6.61 Å². The highest BCUT2D eigenvalue weighted by Crippen LogP contribution is 2.25. The molecule has 20 heavy (non-hydrogen) atoms. The van der Waals surface area contributed by atoms with E-state index in [4.69, 9.17) is 20.2 Å². The van der Waals surface area contributed by atoms with E-state index in [2.05, 4.69) is 0 Å². The Kier molecular flexibility index (Phi) is 6.29. The molecular formula is C13H17ClO5S. The minimum Gasteiger partial charge on any atom is -0.482 e. The van der Waals surface area contributed by atoms with Gasteiger partial charge in [0.1, 0.15) is 5.75 Å². The fourth-order valence-electron chi connectivity index (χ4n) is 1.65. The van der Waals surface area contributed by atoms with Crippen LogP contribution in [0.4, 0.5) is 0 Å². The third-order valence-corrected chi connectivity index (χ3v) is 3.84. The summed E-state index contributed by atoms with van der Waals surface area (Å²) in [6, 6.07) is 4.31. The zero-order chi connectivity index (χ0) is 15.2. The Balaban J connectivity index is 2.93. The summed E-state index contributed by atoms with van der Waals surface area (Å²) in [7, 11) is 1.53. The summed E-state index contributed by atoms with van der Waals surface area (Å²) >= 11 is 0. The van der Waals surface area contributed by atoms with Crippen LogP contribution in [0.2, 0.25) is 0 Å². The average Bonchev–Trinajstić information content (AvgIpc) is 2.37. The molecule has 0 saturated carbocycles. The van der Waals surface area contributed by atoms with E-state index in [-0.39, 0.29) is 18.1 Å². The van der Waals surface area contributed by atoms with Crippen LogP contribution in [0.25, 0.3) is 0 Å². The van der Waals surface area contributed by atoms with Gasteiger partial charge >= 0.3 is 5.97 Å². The van der Waals surface area contributed by atoms with Gasteiger partial charge in [-0.1, -0.05) is 13.3 Å². The highest BCUT2D eigenvalue weighted by Gasteiger charge is 2.14. The molecule has 0 N–H and O–H groups in total. The molecule has 0 aliphatic heterocycles. The summed E-state index contributed by atoms with van der Waals surface area (Å²) in [5, 5.41) is 0. The average molecular weight is 321 g/mol. The molecule has 0 atom stereocenters. The molecule has 112 valence electrons. The smallest absolute Gasteiger partial charge is 0.344 e. The van der Waals surface area contributed by atoms with E-state index in [1.807, 2.05) is 6.92 Å². The Hall–Kier alpha value is -1.27. The molecule has 0 radical (unpaired) electrons. The van der Waals surface area contributed by atoms with Crippen molar-refractivity contribution in [3.05, 3.63) is 23.8 Å². The first-order chi connectivity index (χ1) is 9.38. The molecule has 0 aromatic heterocycles. The fraction of sp³-hybridized carbons (Fsp3) is 0.462. The molecule has 0 unspecified atom stereocenters. The Morgan fingerprint density at radius 2 is 2.00 bits per heavy atom. The van der Waals surface area contributed by atoms with Crippen LogP contribution < -0.4 is 4.74 Å². The maximum atomic E-state index is 11.3. The van der Waals surface area contributed by atoms with E-state index in [0.717, 1.165) is 6.42 Å². The number of carbonyl (C=O) groups is 1. The first-order valence-corrected chi connectivity index (χ1v) is 8.55. The van der Waals surface area contributed by atoms with Crippen molar-refractivity contribution in [2.45, 2.75) is 31.6 Å². The van der Waals surface area contributed by atoms with Gasteiger partial charge in [-0.3, -0.25) is 0 Å². The maximum absolute atomic E-state index is 11.3. The van der Waals surface area contributed by atoms with E-state index >= 15 is 0 Å². The van der Waals surface area contributed by atoms with E-state index < -0.39 is 15.0 Å². The van der Waals surface area contributed by atoms with Gasteiger partial charge in [0.05, 0.1) is 11.5 Å². The van der Waals surface area contributed by atoms with Gasteiger partial charge in [-0.25, -0.2) is 13.2 Å². The number of rotatable bonds is 7. The van der Waals surface area contributed by atoms with Crippen molar-refractivity contribution in [2.24, 2.45) is 0 Å².